The summed E-state index contributed by atoms with van der Waals surface area (Å²) in [5.41, 5.74) is 1.98. The van der Waals surface area contributed by atoms with Crippen LogP contribution >= 0.6 is 0 Å². The SMILES string of the molecule is C[C@@]12C[C@H](Cc3ccccc3)CC(=O)N1[C@@H](c1ccccc1)CO2. The van der Waals surface area contributed by atoms with Crippen molar-refractivity contribution in [2.24, 2.45) is 5.92 Å². The Morgan fingerprint density at radius 1 is 1.08 bits per heavy atom. The first-order valence-electron chi connectivity index (χ1n) is 8.71. The van der Waals surface area contributed by atoms with Crippen LogP contribution in [0.15, 0.2) is 60.7 Å². The van der Waals surface area contributed by atoms with Crippen LogP contribution in [0.4, 0.5) is 0 Å². The molecule has 2 saturated heterocycles. The highest BCUT2D eigenvalue weighted by Crippen LogP contribution is 2.45. The van der Waals surface area contributed by atoms with Gasteiger partial charge in [0.25, 0.3) is 0 Å². The minimum Gasteiger partial charge on any atom is -0.353 e. The molecule has 0 bridgehead atoms. The summed E-state index contributed by atoms with van der Waals surface area (Å²) in [7, 11) is 0. The summed E-state index contributed by atoms with van der Waals surface area (Å²) in [4.78, 5) is 14.9. The van der Waals surface area contributed by atoms with Gasteiger partial charge in [-0.05, 0) is 36.8 Å². The van der Waals surface area contributed by atoms with Crippen LogP contribution in [0.5, 0.6) is 0 Å². The Labute approximate surface area is 143 Å². The molecule has 3 atom stereocenters. The van der Waals surface area contributed by atoms with Crippen molar-refractivity contribution in [1.82, 2.24) is 4.90 Å². The first-order chi connectivity index (χ1) is 11.7. The number of ether oxygens (including phenoxy) is 1. The van der Waals surface area contributed by atoms with Gasteiger partial charge in [-0.15, -0.1) is 0 Å². The predicted molar refractivity (Wildman–Crippen MR) is 93.3 cm³/mol. The Balaban J connectivity index is 1.54. The smallest absolute Gasteiger partial charge is 0.225 e. The lowest BCUT2D eigenvalue weighted by Gasteiger charge is -2.43. The Morgan fingerprint density at radius 2 is 1.75 bits per heavy atom. The Bertz CT molecular complexity index is 715. The third kappa shape index (κ3) is 2.73. The molecule has 0 unspecified atom stereocenters. The summed E-state index contributed by atoms with van der Waals surface area (Å²) >= 11 is 0. The van der Waals surface area contributed by atoms with E-state index in [1.54, 1.807) is 0 Å². The van der Waals surface area contributed by atoms with Gasteiger partial charge in [0.05, 0.1) is 12.6 Å². The molecule has 0 aliphatic carbocycles. The molecule has 4 rings (SSSR count). The molecule has 0 spiro atoms. The number of amides is 1. The van der Waals surface area contributed by atoms with Crippen LogP contribution in [0.1, 0.15) is 36.9 Å². The minimum atomic E-state index is -0.477. The van der Waals surface area contributed by atoms with Gasteiger partial charge in [0, 0.05) is 6.42 Å². The zero-order chi connectivity index (χ0) is 16.6. The van der Waals surface area contributed by atoms with Gasteiger partial charge in [-0.3, -0.25) is 4.79 Å². The minimum absolute atomic E-state index is 0.0429. The molecule has 124 valence electrons. The van der Waals surface area contributed by atoms with E-state index in [0.717, 1.165) is 18.4 Å². The van der Waals surface area contributed by atoms with Gasteiger partial charge in [0.1, 0.15) is 5.72 Å². The number of hydrogen-bond acceptors (Lipinski definition) is 2. The highest BCUT2D eigenvalue weighted by atomic mass is 16.5. The van der Waals surface area contributed by atoms with Crippen molar-refractivity contribution in [1.29, 1.82) is 0 Å². The van der Waals surface area contributed by atoms with Gasteiger partial charge in [0.15, 0.2) is 0 Å². The van der Waals surface area contributed by atoms with E-state index >= 15 is 0 Å². The summed E-state index contributed by atoms with van der Waals surface area (Å²) in [5.74, 6) is 0.562. The predicted octanol–water partition coefficient (Wildman–Crippen LogP) is 3.96. The third-order valence-electron chi connectivity index (χ3n) is 5.32. The maximum atomic E-state index is 12.9. The monoisotopic (exact) mass is 321 g/mol. The fourth-order valence-electron chi connectivity index (χ4n) is 4.29. The van der Waals surface area contributed by atoms with E-state index < -0.39 is 5.72 Å². The molecule has 0 radical (unpaired) electrons. The van der Waals surface area contributed by atoms with Crippen molar-refractivity contribution in [2.75, 3.05) is 6.61 Å². The molecule has 1 amide bonds. The Kier molecular flexibility index (Phi) is 3.89. The molecule has 3 heteroatoms. The molecule has 2 aromatic rings. The molecule has 0 N–H and O–H groups in total. The zero-order valence-electron chi connectivity index (χ0n) is 14.0. The lowest BCUT2D eigenvalue weighted by molar-refractivity contribution is -0.162. The summed E-state index contributed by atoms with van der Waals surface area (Å²) in [5, 5.41) is 0. The highest BCUT2D eigenvalue weighted by molar-refractivity contribution is 5.79. The molecule has 0 aromatic heterocycles. The van der Waals surface area contributed by atoms with Crippen LogP contribution in [0.3, 0.4) is 0 Å². The molecule has 2 aliphatic rings. The lowest BCUT2D eigenvalue weighted by atomic mass is 9.83. The van der Waals surface area contributed by atoms with Crippen molar-refractivity contribution in [3.05, 3.63) is 71.8 Å². The van der Waals surface area contributed by atoms with Crippen molar-refractivity contribution in [3.63, 3.8) is 0 Å². The highest BCUT2D eigenvalue weighted by Gasteiger charge is 2.51. The number of carbonyl (C=O) groups is 1. The molecule has 3 nitrogen and oxygen atoms in total. The van der Waals surface area contributed by atoms with E-state index in [2.05, 4.69) is 43.3 Å². The van der Waals surface area contributed by atoms with E-state index in [0.29, 0.717) is 18.9 Å². The summed E-state index contributed by atoms with van der Waals surface area (Å²) < 4.78 is 6.15. The summed E-state index contributed by atoms with van der Waals surface area (Å²) in [6.07, 6.45) is 2.45. The Morgan fingerprint density at radius 3 is 2.46 bits per heavy atom. The van der Waals surface area contributed by atoms with Gasteiger partial charge < -0.3 is 9.64 Å². The molecule has 2 aliphatic heterocycles. The first kappa shape index (κ1) is 15.4. The van der Waals surface area contributed by atoms with Crippen LogP contribution in [0.2, 0.25) is 0 Å². The standard InChI is InChI=1S/C21H23NO2/c1-21-14-17(12-16-8-4-2-5-9-16)13-20(23)22(21)19(15-24-21)18-10-6-3-7-11-18/h2-11,17,19H,12-15H2,1H3/t17-,19-,21-/m1/s1. The van der Waals surface area contributed by atoms with Crippen LogP contribution < -0.4 is 0 Å². The average molecular weight is 321 g/mol. The van der Waals surface area contributed by atoms with Gasteiger partial charge >= 0.3 is 0 Å². The number of nitrogens with zero attached hydrogens (tertiary/aromatic N) is 1. The maximum absolute atomic E-state index is 12.9. The maximum Gasteiger partial charge on any atom is 0.225 e. The number of benzene rings is 2. The molecule has 0 saturated carbocycles. The van der Waals surface area contributed by atoms with Crippen LogP contribution in [-0.2, 0) is 16.0 Å². The number of carbonyl (C=O) groups excluding carboxylic acids is 1. The zero-order valence-corrected chi connectivity index (χ0v) is 14.0. The fraction of sp³-hybridized carbons (Fsp3) is 0.381. The fourth-order valence-corrected chi connectivity index (χ4v) is 4.29. The summed E-state index contributed by atoms with van der Waals surface area (Å²) in [6, 6.07) is 20.7. The Hall–Kier alpha value is -2.13. The molecule has 24 heavy (non-hydrogen) atoms. The lowest BCUT2D eigenvalue weighted by Crippen LogP contribution is -2.52. The second kappa shape index (κ2) is 6.06. The molecule has 2 heterocycles. The second-order valence-electron chi connectivity index (χ2n) is 7.14. The van der Waals surface area contributed by atoms with E-state index in [-0.39, 0.29) is 11.9 Å². The van der Waals surface area contributed by atoms with E-state index in [1.807, 2.05) is 29.2 Å². The second-order valence-corrected chi connectivity index (χ2v) is 7.14. The van der Waals surface area contributed by atoms with Crippen LogP contribution in [-0.4, -0.2) is 23.1 Å². The van der Waals surface area contributed by atoms with Gasteiger partial charge in [-0.25, -0.2) is 0 Å². The molecule has 2 fully saturated rings. The van der Waals surface area contributed by atoms with E-state index in [4.69, 9.17) is 4.74 Å². The van der Waals surface area contributed by atoms with Gasteiger partial charge in [-0.1, -0.05) is 60.7 Å². The molecular formula is C21H23NO2. The number of piperidine rings is 1. The normalized spacial score (nSPS) is 29.5. The quantitative estimate of drug-likeness (QED) is 0.856. The van der Waals surface area contributed by atoms with Gasteiger partial charge in [0.2, 0.25) is 5.91 Å². The number of hydrogen-bond donors (Lipinski definition) is 0. The van der Waals surface area contributed by atoms with Crippen LogP contribution in [0, 0.1) is 5.92 Å². The third-order valence-corrected chi connectivity index (χ3v) is 5.32. The molecule has 2 aromatic carbocycles. The first-order valence-corrected chi connectivity index (χ1v) is 8.71. The van der Waals surface area contributed by atoms with E-state index in [9.17, 15) is 4.79 Å². The van der Waals surface area contributed by atoms with Crippen molar-refractivity contribution in [3.8, 4) is 0 Å². The van der Waals surface area contributed by atoms with E-state index in [1.165, 1.54) is 5.56 Å². The van der Waals surface area contributed by atoms with Crippen molar-refractivity contribution >= 4 is 5.91 Å². The number of rotatable bonds is 3. The largest absolute Gasteiger partial charge is 0.353 e. The molecular weight excluding hydrogens is 298 g/mol. The topological polar surface area (TPSA) is 29.5 Å². The van der Waals surface area contributed by atoms with Crippen molar-refractivity contribution in [2.45, 2.75) is 38.0 Å². The summed E-state index contributed by atoms with van der Waals surface area (Å²) in [6.45, 7) is 2.66. The van der Waals surface area contributed by atoms with Crippen LogP contribution in [0.25, 0.3) is 0 Å². The number of fused-ring (bicyclic) bond motifs is 1. The van der Waals surface area contributed by atoms with Crippen molar-refractivity contribution < 1.29 is 9.53 Å². The van der Waals surface area contributed by atoms with Gasteiger partial charge in [-0.2, -0.15) is 0 Å². The average Bonchev–Trinajstić information content (AvgIpc) is 2.94.